The second kappa shape index (κ2) is 15.6. The van der Waals surface area contributed by atoms with Gasteiger partial charge in [0.05, 0.1) is 45.2 Å². The molecule has 0 radical (unpaired) electrons. The van der Waals surface area contributed by atoms with E-state index in [1.807, 2.05) is 30.3 Å². The van der Waals surface area contributed by atoms with Gasteiger partial charge in [-0.25, -0.2) is 0 Å². The summed E-state index contributed by atoms with van der Waals surface area (Å²) < 4.78 is 25.2. The van der Waals surface area contributed by atoms with Crippen molar-refractivity contribution in [1.29, 1.82) is 0 Å². The van der Waals surface area contributed by atoms with Gasteiger partial charge in [0.1, 0.15) is 5.75 Å². The van der Waals surface area contributed by atoms with Crippen LogP contribution in [0.15, 0.2) is 60.2 Å². The normalized spacial score (nSPS) is 18.8. The standard InChI is InChI=1S/C31H50O5Si/c1-23(2)37(24(3)4,25(5)6)36-31(17-16-29-21-26(7)18-20-34-29)30(11-9-10-19-32)35-22-27-12-14-28(33-8)15-13-27/h9-10,12-18,23-25,29-32H,11,19-22H2,1-8H3/b10-9+,17-16?/t29-,30-,31+/m1/s1. The van der Waals surface area contributed by atoms with Crippen molar-refractivity contribution in [3.8, 4) is 5.75 Å². The number of hydrogen-bond acceptors (Lipinski definition) is 5. The lowest BCUT2D eigenvalue weighted by molar-refractivity contribution is -0.0215. The molecule has 3 atom stereocenters. The molecule has 1 aliphatic rings. The molecule has 208 valence electrons. The molecule has 0 spiro atoms. The average molecular weight is 531 g/mol. The predicted octanol–water partition coefficient (Wildman–Crippen LogP) is 7.37. The predicted molar refractivity (Wildman–Crippen MR) is 156 cm³/mol. The summed E-state index contributed by atoms with van der Waals surface area (Å²) in [5.74, 6) is 0.828. The van der Waals surface area contributed by atoms with E-state index in [-0.39, 0.29) is 24.9 Å². The van der Waals surface area contributed by atoms with Crippen LogP contribution >= 0.6 is 0 Å². The number of hydrogen-bond donors (Lipinski definition) is 1. The van der Waals surface area contributed by atoms with Crippen LogP contribution in [0.5, 0.6) is 5.75 Å². The van der Waals surface area contributed by atoms with Crippen molar-refractivity contribution in [3.05, 3.63) is 65.8 Å². The number of rotatable bonds is 15. The summed E-state index contributed by atoms with van der Waals surface area (Å²) in [5, 5.41) is 9.38. The summed E-state index contributed by atoms with van der Waals surface area (Å²) >= 11 is 0. The first-order valence-corrected chi connectivity index (χ1v) is 15.9. The number of aliphatic hydroxyl groups excluding tert-OH is 1. The SMILES string of the molecule is COc1ccc(CO[C@H](C/C=C/CO)[C@H](C=C[C@@H]2CC(C)=CCO2)O[Si](C(C)C)(C(C)C)C(C)C)cc1. The van der Waals surface area contributed by atoms with Gasteiger partial charge in [-0.2, -0.15) is 0 Å². The Morgan fingerprint density at radius 1 is 1.03 bits per heavy atom. The topological polar surface area (TPSA) is 57.2 Å². The number of benzene rings is 1. The molecular formula is C31H50O5Si. The monoisotopic (exact) mass is 530 g/mol. The third kappa shape index (κ3) is 9.22. The summed E-state index contributed by atoms with van der Waals surface area (Å²) in [5.41, 5.74) is 3.79. The molecule has 0 fully saturated rings. The molecule has 1 aromatic carbocycles. The largest absolute Gasteiger partial charge is 0.497 e. The van der Waals surface area contributed by atoms with E-state index in [0.29, 0.717) is 36.3 Å². The molecule has 5 nitrogen and oxygen atoms in total. The van der Waals surface area contributed by atoms with Gasteiger partial charge in [0, 0.05) is 0 Å². The van der Waals surface area contributed by atoms with Gasteiger partial charge in [-0.15, -0.1) is 0 Å². The first kappa shape index (κ1) is 31.5. The lowest BCUT2D eigenvalue weighted by Crippen LogP contribution is -2.52. The minimum Gasteiger partial charge on any atom is -0.497 e. The lowest BCUT2D eigenvalue weighted by Gasteiger charge is -2.45. The summed E-state index contributed by atoms with van der Waals surface area (Å²) in [6, 6.07) is 7.98. The number of methoxy groups -OCH3 is 1. The van der Waals surface area contributed by atoms with Crippen LogP contribution in [0.4, 0.5) is 0 Å². The van der Waals surface area contributed by atoms with Crippen molar-refractivity contribution in [2.24, 2.45) is 0 Å². The van der Waals surface area contributed by atoms with E-state index in [9.17, 15) is 5.11 Å². The summed E-state index contributed by atoms with van der Waals surface area (Å²) in [4.78, 5) is 0. The summed E-state index contributed by atoms with van der Waals surface area (Å²) in [6.45, 7) is 17.1. The molecule has 0 aromatic heterocycles. The van der Waals surface area contributed by atoms with Crippen molar-refractivity contribution in [3.63, 3.8) is 0 Å². The molecular weight excluding hydrogens is 480 g/mol. The second-order valence-corrected chi connectivity index (χ2v) is 16.4. The average Bonchev–Trinajstić information content (AvgIpc) is 2.86. The van der Waals surface area contributed by atoms with Crippen molar-refractivity contribution in [1.82, 2.24) is 0 Å². The van der Waals surface area contributed by atoms with E-state index in [1.54, 1.807) is 13.2 Å². The van der Waals surface area contributed by atoms with Gasteiger partial charge in [-0.1, -0.05) is 89.6 Å². The van der Waals surface area contributed by atoms with Crippen LogP contribution in [0.1, 0.15) is 66.9 Å². The van der Waals surface area contributed by atoms with Crippen LogP contribution in [0.2, 0.25) is 16.6 Å². The molecule has 6 heteroatoms. The Bertz CT molecular complexity index is 850. The maximum absolute atomic E-state index is 9.38. The molecule has 0 saturated heterocycles. The highest BCUT2D eigenvalue weighted by atomic mass is 28.4. The molecule has 0 aliphatic carbocycles. The molecule has 1 heterocycles. The van der Waals surface area contributed by atoms with Gasteiger partial charge in [0.2, 0.25) is 8.32 Å². The highest BCUT2D eigenvalue weighted by Crippen LogP contribution is 2.44. The van der Waals surface area contributed by atoms with E-state index in [1.165, 1.54) is 5.57 Å². The highest BCUT2D eigenvalue weighted by Gasteiger charge is 2.47. The van der Waals surface area contributed by atoms with Crippen molar-refractivity contribution in [2.45, 2.75) is 103 Å². The van der Waals surface area contributed by atoms with Crippen LogP contribution in [-0.2, 0) is 20.5 Å². The minimum atomic E-state index is -2.20. The zero-order chi connectivity index (χ0) is 27.4. The van der Waals surface area contributed by atoms with Crippen molar-refractivity contribution in [2.75, 3.05) is 20.3 Å². The third-order valence-electron chi connectivity index (χ3n) is 7.46. The van der Waals surface area contributed by atoms with Gasteiger partial charge in [0.15, 0.2) is 0 Å². The molecule has 0 bridgehead atoms. The third-order valence-corrected chi connectivity index (χ3v) is 13.6. The Morgan fingerprint density at radius 2 is 1.68 bits per heavy atom. The Kier molecular flexibility index (Phi) is 13.3. The Hall–Kier alpha value is -1.70. The molecule has 1 N–H and O–H groups in total. The smallest absolute Gasteiger partial charge is 0.201 e. The van der Waals surface area contributed by atoms with Crippen LogP contribution < -0.4 is 4.74 Å². The first-order valence-electron chi connectivity index (χ1n) is 13.8. The molecule has 2 rings (SSSR count). The maximum atomic E-state index is 9.38. The Morgan fingerprint density at radius 3 is 2.22 bits per heavy atom. The molecule has 0 amide bonds. The fourth-order valence-corrected chi connectivity index (χ4v) is 11.1. The van der Waals surface area contributed by atoms with Crippen LogP contribution in [0, 0.1) is 0 Å². The van der Waals surface area contributed by atoms with Crippen molar-refractivity contribution >= 4 is 8.32 Å². The first-order chi connectivity index (χ1) is 17.6. The maximum Gasteiger partial charge on any atom is 0.201 e. The zero-order valence-electron chi connectivity index (χ0n) is 24.3. The molecule has 0 unspecified atom stereocenters. The highest BCUT2D eigenvalue weighted by molar-refractivity contribution is 6.77. The van der Waals surface area contributed by atoms with Crippen LogP contribution in [-0.4, -0.2) is 52.1 Å². The van der Waals surface area contributed by atoms with Gasteiger partial charge < -0.3 is 23.7 Å². The van der Waals surface area contributed by atoms with Gasteiger partial charge in [-0.05, 0) is 54.1 Å². The quantitative estimate of drug-likeness (QED) is 0.189. The fraction of sp³-hybridized carbons (Fsp3) is 0.613. The van der Waals surface area contributed by atoms with Gasteiger partial charge in [-0.3, -0.25) is 0 Å². The Labute approximate surface area is 226 Å². The van der Waals surface area contributed by atoms with E-state index in [0.717, 1.165) is 17.7 Å². The Balaban J connectivity index is 2.40. The second-order valence-electron chi connectivity index (χ2n) is 11.0. The number of ether oxygens (including phenoxy) is 3. The molecule has 37 heavy (non-hydrogen) atoms. The fourth-order valence-electron chi connectivity index (χ4n) is 5.54. The van der Waals surface area contributed by atoms with Gasteiger partial charge >= 0.3 is 0 Å². The zero-order valence-corrected chi connectivity index (χ0v) is 25.3. The van der Waals surface area contributed by atoms with E-state index >= 15 is 0 Å². The van der Waals surface area contributed by atoms with Crippen molar-refractivity contribution < 1.29 is 23.7 Å². The molecule has 0 saturated carbocycles. The van der Waals surface area contributed by atoms with E-state index < -0.39 is 8.32 Å². The molecule has 1 aliphatic heterocycles. The summed E-state index contributed by atoms with van der Waals surface area (Å²) in [7, 11) is -0.524. The minimum absolute atomic E-state index is 0.0107. The van der Waals surface area contributed by atoms with Gasteiger partial charge in [0.25, 0.3) is 0 Å². The summed E-state index contributed by atoms with van der Waals surface area (Å²) in [6.07, 6.45) is 11.4. The van der Waals surface area contributed by atoms with Crippen LogP contribution in [0.25, 0.3) is 0 Å². The lowest BCUT2D eigenvalue weighted by atomic mass is 10.0. The van der Waals surface area contributed by atoms with Crippen LogP contribution in [0.3, 0.4) is 0 Å². The van der Waals surface area contributed by atoms with E-state index in [2.05, 4.69) is 66.7 Å². The van der Waals surface area contributed by atoms with E-state index in [4.69, 9.17) is 18.6 Å². The molecule has 1 aromatic rings. The number of aliphatic hydroxyl groups is 1.